The number of nitrogens with one attached hydrogen (secondary N) is 1. The Bertz CT molecular complexity index is 1070. The van der Waals surface area contributed by atoms with Gasteiger partial charge in [-0.2, -0.15) is 0 Å². The molecule has 1 N–H and O–H groups in total. The van der Waals surface area contributed by atoms with Crippen molar-refractivity contribution in [2.24, 2.45) is 0 Å². The summed E-state index contributed by atoms with van der Waals surface area (Å²) in [6.45, 7) is 8.34. The number of hydrogen-bond donors (Lipinski definition) is 1. The zero-order valence-electron chi connectivity index (χ0n) is 17.7. The van der Waals surface area contributed by atoms with Crippen LogP contribution in [0, 0.1) is 13.8 Å². The van der Waals surface area contributed by atoms with Crippen molar-refractivity contribution in [2.45, 2.75) is 27.7 Å². The van der Waals surface area contributed by atoms with E-state index in [2.05, 4.69) is 21.2 Å². The molecule has 0 radical (unpaired) electrons. The van der Waals surface area contributed by atoms with Crippen molar-refractivity contribution < 1.29 is 23.9 Å². The third-order valence-electron chi connectivity index (χ3n) is 4.53. The van der Waals surface area contributed by atoms with E-state index in [1.54, 1.807) is 24.3 Å². The number of barbiturate groups is 1. The molecule has 8 heteroatoms. The Labute approximate surface area is 189 Å². The minimum Gasteiger partial charge on any atom is -0.490 e. The van der Waals surface area contributed by atoms with E-state index in [1.807, 2.05) is 33.8 Å². The second kappa shape index (κ2) is 9.34. The number of carbonyl (C=O) groups excluding carboxylic acids is 3. The summed E-state index contributed by atoms with van der Waals surface area (Å²) in [7, 11) is 0. The van der Waals surface area contributed by atoms with Crippen LogP contribution in [-0.4, -0.2) is 31.1 Å². The van der Waals surface area contributed by atoms with Crippen LogP contribution >= 0.6 is 15.9 Å². The fourth-order valence-electron chi connectivity index (χ4n) is 3.33. The number of anilines is 1. The number of urea groups is 1. The molecular formula is C23H23BrN2O5. The maximum Gasteiger partial charge on any atom is 0.335 e. The molecule has 2 aromatic rings. The first kappa shape index (κ1) is 22.6. The highest BCUT2D eigenvalue weighted by Crippen LogP contribution is 2.35. The van der Waals surface area contributed by atoms with Gasteiger partial charge in [0, 0.05) is 4.47 Å². The lowest BCUT2D eigenvalue weighted by molar-refractivity contribution is -0.122. The molecule has 162 valence electrons. The van der Waals surface area contributed by atoms with E-state index in [1.165, 1.54) is 6.08 Å². The van der Waals surface area contributed by atoms with Crippen molar-refractivity contribution in [2.75, 3.05) is 18.1 Å². The van der Waals surface area contributed by atoms with Crippen molar-refractivity contribution in [1.82, 2.24) is 5.32 Å². The molecule has 1 aliphatic rings. The topological polar surface area (TPSA) is 84.9 Å². The molecule has 1 heterocycles. The predicted molar refractivity (Wildman–Crippen MR) is 121 cm³/mol. The lowest BCUT2D eigenvalue weighted by atomic mass is 10.0. The van der Waals surface area contributed by atoms with Crippen LogP contribution in [0.2, 0.25) is 0 Å². The number of imide groups is 2. The average Bonchev–Trinajstić information content (AvgIpc) is 2.67. The fourth-order valence-corrected chi connectivity index (χ4v) is 3.76. The number of carbonyl (C=O) groups is 3. The Balaban J connectivity index is 2.06. The summed E-state index contributed by atoms with van der Waals surface area (Å²) in [5, 5.41) is 2.25. The van der Waals surface area contributed by atoms with E-state index in [9.17, 15) is 14.4 Å². The molecule has 3 rings (SSSR count). The fraction of sp³-hybridized carbons (Fsp3) is 0.261. The van der Waals surface area contributed by atoms with Crippen LogP contribution in [0.4, 0.5) is 10.5 Å². The highest BCUT2D eigenvalue weighted by Gasteiger charge is 2.37. The number of aryl methyl sites for hydroxylation is 2. The lowest BCUT2D eigenvalue weighted by Gasteiger charge is -2.27. The molecule has 1 aliphatic heterocycles. The first-order chi connectivity index (χ1) is 14.7. The van der Waals surface area contributed by atoms with Gasteiger partial charge in [-0.15, -0.1) is 0 Å². The van der Waals surface area contributed by atoms with Crippen LogP contribution in [0.5, 0.6) is 11.5 Å². The quantitative estimate of drug-likeness (QED) is 0.478. The highest BCUT2D eigenvalue weighted by atomic mass is 79.9. The summed E-state index contributed by atoms with van der Waals surface area (Å²) < 4.78 is 11.8. The molecule has 1 saturated heterocycles. The second-order valence-corrected chi connectivity index (χ2v) is 7.84. The van der Waals surface area contributed by atoms with Crippen LogP contribution in [0.25, 0.3) is 6.08 Å². The Morgan fingerprint density at radius 3 is 2.10 bits per heavy atom. The molecule has 0 unspecified atom stereocenters. The Morgan fingerprint density at radius 2 is 1.52 bits per heavy atom. The molecule has 7 nitrogen and oxygen atoms in total. The Kier molecular flexibility index (Phi) is 6.80. The molecule has 0 aromatic heterocycles. The number of halogens is 1. The van der Waals surface area contributed by atoms with Crippen molar-refractivity contribution >= 4 is 45.5 Å². The van der Waals surface area contributed by atoms with Gasteiger partial charge in [-0.1, -0.05) is 22.0 Å². The maximum absolute atomic E-state index is 13.2. The number of amides is 4. The first-order valence-electron chi connectivity index (χ1n) is 9.84. The molecule has 4 amide bonds. The minimum atomic E-state index is -0.780. The van der Waals surface area contributed by atoms with Gasteiger partial charge >= 0.3 is 6.03 Å². The molecule has 0 aliphatic carbocycles. The SMILES string of the molecule is CCOc1cc(Br)c(/C=C2\C(=O)NC(=O)N(c3cc(C)cc(C)c3)C2=O)cc1OCC. The van der Waals surface area contributed by atoms with E-state index >= 15 is 0 Å². The van der Waals surface area contributed by atoms with Gasteiger partial charge in [0.2, 0.25) is 0 Å². The third-order valence-corrected chi connectivity index (χ3v) is 5.22. The summed E-state index contributed by atoms with van der Waals surface area (Å²) in [6, 6.07) is 8.00. The van der Waals surface area contributed by atoms with Crippen molar-refractivity contribution in [1.29, 1.82) is 0 Å². The normalized spacial score (nSPS) is 15.3. The molecule has 1 fully saturated rings. The Morgan fingerprint density at radius 1 is 0.935 bits per heavy atom. The monoisotopic (exact) mass is 486 g/mol. The van der Waals surface area contributed by atoms with Crippen molar-refractivity contribution in [3.05, 3.63) is 57.1 Å². The molecule has 2 aromatic carbocycles. The summed E-state index contributed by atoms with van der Waals surface area (Å²) >= 11 is 3.46. The van der Waals surface area contributed by atoms with Gasteiger partial charge in [0.15, 0.2) is 11.5 Å². The van der Waals surface area contributed by atoms with Gasteiger partial charge in [-0.25, -0.2) is 9.69 Å². The van der Waals surface area contributed by atoms with E-state index in [0.29, 0.717) is 40.4 Å². The van der Waals surface area contributed by atoms with Crippen LogP contribution in [0.1, 0.15) is 30.5 Å². The summed E-state index contributed by atoms with van der Waals surface area (Å²) in [5.41, 5.74) is 2.58. The first-order valence-corrected chi connectivity index (χ1v) is 10.6. The van der Waals surface area contributed by atoms with Gasteiger partial charge in [0.25, 0.3) is 11.8 Å². The number of ether oxygens (including phenoxy) is 2. The number of benzene rings is 2. The molecule has 0 atom stereocenters. The zero-order valence-corrected chi connectivity index (χ0v) is 19.3. The van der Waals surface area contributed by atoms with Crippen molar-refractivity contribution in [3.63, 3.8) is 0 Å². The predicted octanol–water partition coefficient (Wildman–Crippen LogP) is 4.53. The van der Waals surface area contributed by atoms with Gasteiger partial charge in [0.1, 0.15) is 5.57 Å². The molecule has 0 spiro atoms. The van der Waals surface area contributed by atoms with Crippen molar-refractivity contribution in [3.8, 4) is 11.5 Å². The van der Waals surface area contributed by atoms with E-state index in [0.717, 1.165) is 16.0 Å². The third kappa shape index (κ3) is 4.80. The number of hydrogen-bond acceptors (Lipinski definition) is 5. The number of rotatable bonds is 6. The average molecular weight is 487 g/mol. The highest BCUT2D eigenvalue weighted by molar-refractivity contribution is 9.10. The van der Waals surface area contributed by atoms with Crippen LogP contribution in [0.3, 0.4) is 0 Å². The molecular weight excluding hydrogens is 464 g/mol. The van der Waals surface area contributed by atoms with Gasteiger partial charge < -0.3 is 9.47 Å². The van der Waals surface area contributed by atoms with Gasteiger partial charge in [0.05, 0.1) is 18.9 Å². The minimum absolute atomic E-state index is 0.161. The van der Waals surface area contributed by atoms with E-state index < -0.39 is 17.8 Å². The van der Waals surface area contributed by atoms with Crippen LogP contribution in [0.15, 0.2) is 40.4 Å². The standard InChI is InChI=1S/C23H23BrN2O5/c1-5-30-19-11-15(18(24)12-20(19)31-6-2)10-17-21(27)25-23(29)26(22(17)28)16-8-13(3)7-14(4)9-16/h7-12H,5-6H2,1-4H3,(H,25,27,29)/b17-10+. The summed E-state index contributed by atoms with van der Waals surface area (Å²) in [4.78, 5) is 39.1. The molecule has 0 bridgehead atoms. The molecule has 31 heavy (non-hydrogen) atoms. The smallest absolute Gasteiger partial charge is 0.335 e. The van der Waals surface area contributed by atoms with E-state index in [4.69, 9.17) is 9.47 Å². The Hall–Kier alpha value is -3.13. The van der Waals surface area contributed by atoms with Crippen LogP contribution < -0.4 is 19.7 Å². The second-order valence-electron chi connectivity index (χ2n) is 6.99. The number of nitrogens with zero attached hydrogens (tertiary/aromatic N) is 1. The summed E-state index contributed by atoms with van der Waals surface area (Å²) in [6.07, 6.45) is 1.43. The molecule has 0 saturated carbocycles. The largest absolute Gasteiger partial charge is 0.490 e. The zero-order chi connectivity index (χ0) is 22.7. The maximum atomic E-state index is 13.2. The van der Waals surface area contributed by atoms with Gasteiger partial charge in [-0.3, -0.25) is 14.9 Å². The summed E-state index contributed by atoms with van der Waals surface area (Å²) in [5.74, 6) is -0.415. The van der Waals surface area contributed by atoms with Gasteiger partial charge in [-0.05, 0) is 74.7 Å². The van der Waals surface area contributed by atoms with E-state index in [-0.39, 0.29) is 5.57 Å². The lowest BCUT2D eigenvalue weighted by Crippen LogP contribution is -2.54. The van der Waals surface area contributed by atoms with Crippen LogP contribution in [-0.2, 0) is 9.59 Å².